The summed E-state index contributed by atoms with van der Waals surface area (Å²) >= 11 is 5.57. The van der Waals surface area contributed by atoms with Crippen LogP contribution in [0.3, 0.4) is 0 Å². The maximum absolute atomic E-state index is 5.13. The highest BCUT2D eigenvalue weighted by molar-refractivity contribution is 9.09. The number of fused-ring (bicyclic) bond motifs is 1. The summed E-state index contributed by atoms with van der Waals surface area (Å²) in [6.45, 7) is 0. The maximum Gasteiger partial charge on any atom is 0.216 e. The smallest absolute Gasteiger partial charge is 0.216 e. The van der Waals surface area contributed by atoms with Crippen molar-refractivity contribution in [3.05, 3.63) is 53.3 Å². The molecule has 1 atom stereocenters. The summed E-state index contributed by atoms with van der Waals surface area (Å²) in [7, 11) is 1.61. The van der Waals surface area contributed by atoms with Crippen LogP contribution in [-0.4, -0.2) is 17.1 Å². The fraction of sp³-hybridized carbons (Fsp3) is 0.200. The lowest BCUT2D eigenvalue weighted by Crippen LogP contribution is -1.98. The molecule has 0 spiro atoms. The lowest BCUT2D eigenvalue weighted by Gasteiger charge is -2.07. The predicted octanol–water partition coefficient (Wildman–Crippen LogP) is 4.38. The Morgan fingerprint density at radius 1 is 1.25 bits per heavy atom. The summed E-state index contributed by atoms with van der Waals surface area (Å²) in [5, 5.41) is 1.29. The highest BCUT2D eigenvalue weighted by atomic mass is 79.9. The fourth-order valence-electron chi connectivity index (χ4n) is 2.04. The van der Waals surface area contributed by atoms with Crippen LogP contribution >= 0.6 is 27.3 Å². The SMILES string of the molecule is COc1cc(CC(Br)c2cc3ccccc3s2)ncn1. The van der Waals surface area contributed by atoms with Crippen LogP contribution in [0.25, 0.3) is 10.1 Å². The van der Waals surface area contributed by atoms with Crippen molar-refractivity contribution < 1.29 is 4.74 Å². The molecule has 1 unspecified atom stereocenters. The molecule has 1 aromatic carbocycles. The van der Waals surface area contributed by atoms with E-state index in [1.54, 1.807) is 13.4 Å². The molecular formula is C15H13BrN2OS. The van der Waals surface area contributed by atoms with Gasteiger partial charge in [-0.3, -0.25) is 0 Å². The van der Waals surface area contributed by atoms with Crippen molar-refractivity contribution in [2.75, 3.05) is 7.11 Å². The van der Waals surface area contributed by atoms with Crippen LogP contribution in [0.5, 0.6) is 5.88 Å². The number of methoxy groups -OCH3 is 1. The molecule has 0 aliphatic carbocycles. The van der Waals surface area contributed by atoms with E-state index in [1.165, 1.54) is 15.0 Å². The van der Waals surface area contributed by atoms with Gasteiger partial charge in [-0.15, -0.1) is 11.3 Å². The van der Waals surface area contributed by atoms with Crippen LogP contribution < -0.4 is 4.74 Å². The fourth-order valence-corrected chi connectivity index (χ4v) is 3.83. The first-order valence-corrected chi connectivity index (χ1v) is 7.97. The highest BCUT2D eigenvalue weighted by Crippen LogP contribution is 2.35. The zero-order chi connectivity index (χ0) is 13.9. The molecule has 0 aliphatic rings. The minimum absolute atomic E-state index is 0.250. The van der Waals surface area contributed by atoms with Gasteiger partial charge < -0.3 is 4.74 Å². The van der Waals surface area contributed by atoms with E-state index < -0.39 is 0 Å². The Labute approximate surface area is 129 Å². The summed E-state index contributed by atoms with van der Waals surface area (Å²) in [5.74, 6) is 0.603. The summed E-state index contributed by atoms with van der Waals surface area (Å²) in [6.07, 6.45) is 2.35. The van der Waals surface area contributed by atoms with Crippen LogP contribution in [0.4, 0.5) is 0 Å². The summed E-state index contributed by atoms with van der Waals surface area (Å²) < 4.78 is 6.44. The molecule has 0 aliphatic heterocycles. The van der Waals surface area contributed by atoms with E-state index in [0.717, 1.165) is 12.1 Å². The topological polar surface area (TPSA) is 35.0 Å². The maximum atomic E-state index is 5.13. The Morgan fingerprint density at radius 2 is 2.10 bits per heavy atom. The second-order valence-electron chi connectivity index (χ2n) is 4.41. The predicted molar refractivity (Wildman–Crippen MR) is 85.8 cm³/mol. The monoisotopic (exact) mass is 348 g/mol. The number of benzene rings is 1. The van der Waals surface area contributed by atoms with Crippen molar-refractivity contribution in [3.8, 4) is 5.88 Å². The molecule has 5 heteroatoms. The molecule has 0 N–H and O–H groups in total. The molecule has 102 valence electrons. The molecule has 2 heterocycles. The van der Waals surface area contributed by atoms with Crippen LogP contribution in [0, 0.1) is 0 Å². The van der Waals surface area contributed by atoms with Gasteiger partial charge in [0.15, 0.2) is 0 Å². The van der Waals surface area contributed by atoms with Crippen molar-refractivity contribution in [1.29, 1.82) is 0 Å². The molecule has 3 rings (SSSR count). The number of ether oxygens (including phenoxy) is 1. The summed E-state index contributed by atoms with van der Waals surface area (Å²) in [6, 6.07) is 12.5. The minimum Gasteiger partial charge on any atom is -0.481 e. The number of halogens is 1. The van der Waals surface area contributed by atoms with Crippen molar-refractivity contribution in [1.82, 2.24) is 9.97 Å². The van der Waals surface area contributed by atoms with Gasteiger partial charge in [-0.2, -0.15) is 0 Å². The Morgan fingerprint density at radius 3 is 2.90 bits per heavy atom. The lowest BCUT2D eigenvalue weighted by molar-refractivity contribution is 0.396. The van der Waals surface area contributed by atoms with E-state index in [-0.39, 0.29) is 4.83 Å². The normalized spacial score (nSPS) is 12.5. The number of aromatic nitrogens is 2. The van der Waals surface area contributed by atoms with E-state index >= 15 is 0 Å². The van der Waals surface area contributed by atoms with Gasteiger partial charge >= 0.3 is 0 Å². The quantitative estimate of drug-likeness (QED) is 0.656. The summed E-state index contributed by atoms with van der Waals surface area (Å²) in [4.78, 5) is 9.88. The van der Waals surface area contributed by atoms with Crippen molar-refractivity contribution in [2.45, 2.75) is 11.2 Å². The van der Waals surface area contributed by atoms with Gasteiger partial charge in [0.05, 0.1) is 11.9 Å². The van der Waals surface area contributed by atoms with E-state index in [4.69, 9.17) is 4.74 Å². The number of nitrogens with zero attached hydrogens (tertiary/aromatic N) is 2. The number of rotatable bonds is 4. The van der Waals surface area contributed by atoms with Gasteiger partial charge in [-0.1, -0.05) is 34.1 Å². The molecule has 0 amide bonds. The van der Waals surface area contributed by atoms with Gasteiger partial charge in [-0.05, 0) is 17.5 Å². The molecule has 2 aromatic heterocycles. The number of thiophene rings is 1. The molecule has 20 heavy (non-hydrogen) atoms. The van der Waals surface area contributed by atoms with E-state index in [0.29, 0.717) is 5.88 Å². The second-order valence-corrected chi connectivity index (χ2v) is 6.63. The van der Waals surface area contributed by atoms with E-state index in [2.05, 4.69) is 56.2 Å². The zero-order valence-electron chi connectivity index (χ0n) is 10.9. The first-order valence-electron chi connectivity index (χ1n) is 6.23. The Kier molecular flexibility index (Phi) is 3.98. The second kappa shape index (κ2) is 5.89. The van der Waals surface area contributed by atoms with E-state index in [9.17, 15) is 0 Å². The molecule has 0 fully saturated rings. The number of hydrogen-bond donors (Lipinski definition) is 0. The van der Waals surface area contributed by atoms with Gasteiger partial charge in [0.25, 0.3) is 0 Å². The zero-order valence-corrected chi connectivity index (χ0v) is 13.3. The van der Waals surface area contributed by atoms with Gasteiger partial charge in [0.1, 0.15) is 6.33 Å². The van der Waals surface area contributed by atoms with Gasteiger partial charge in [0, 0.05) is 27.8 Å². The first kappa shape index (κ1) is 13.5. The molecule has 3 aromatic rings. The van der Waals surface area contributed by atoms with Crippen LogP contribution in [0.2, 0.25) is 0 Å². The summed E-state index contributed by atoms with van der Waals surface area (Å²) in [5.41, 5.74) is 0.969. The van der Waals surface area contributed by atoms with Crippen molar-refractivity contribution in [3.63, 3.8) is 0 Å². The molecule has 0 saturated carbocycles. The van der Waals surface area contributed by atoms with Gasteiger partial charge in [0.2, 0.25) is 5.88 Å². The third-order valence-corrected chi connectivity index (χ3v) is 5.40. The average molecular weight is 349 g/mol. The largest absolute Gasteiger partial charge is 0.481 e. The van der Waals surface area contributed by atoms with Crippen LogP contribution in [0.1, 0.15) is 15.4 Å². The lowest BCUT2D eigenvalue weighted by atomic mass is 10.2. The Bertz CT molecular complexity index is 695. The third-order valence-electron chi connectivity index (χ3n) is 3.05. The Hall–Kier alpha value is -1.46. The Balaban J connectivity index is 1.82. The van der Waals surface area contributed by atoms with Gasteiger partial charge in [-0.25, -0.2) is 9.97 Å². The molecular weight excluding hydrogens is 336 g/mol. The number of hydrogen-bond acceptors (Lipinski definition) is 4. The van der Waals surface area contributed by atoms with Crippen LogP contribution in [0.15, 0.2) is 42.7 Å². The average Bonchev–Trinajstić information content (AvgIpc) is 2.91. The number of alkyl halides is 1. The molecule has 0 saturated heterocycles. The third kappa shape index (κ3) is 2.83. The molecule has 0 bridgehead atoms. The van der Waals surface area contributed by atoms with E-state index in [1.807, 2.05) is 17.4 Å². The standard InChI is InChI=1S/C15H13BrN2OS/c1-19-15-8-11(17-9-18-15)7-12(16)14-6-10-4-2-3-5-13(10)20-14/h2-6,8-9,12H,7H2,1H3. The molecule has 3 nitrogen and oxygen atoms in total. The minimum atomic E-state index is 0.250. The first-order chi connectivity index (χ1) is 9.76. The van der Waals surface area contributed by atoms with Crippen molar-refractivity contribution in [2.24, 2.45) is 0 Å². The van der Waals surface area contributed by atoms with Crippen LogP contribution in [-0.2, 0) is 6.42 Å². The highest BCUT2D eigenvalue weighted by Gasteiger charge is 2.13. The molecule has 0 radical (unpaired) electrons. The van der Waals surface area contributed by atoms with Crippen molar-refractivity contribution >= 4 is 37.4 Å².